The van der Waals surface area contributed by atoms with Crippen LogP contribution in [0.1, 0.15) is 25.8 Å². The summed E-state index contributed by atoms with van der Waals surface area (Å²) in [5.74, 6) is 1.04. The number of nitrogens with zero attached hydrogens (tertiary/aromatic N) is 1. The summed E-state index contributed by atoms with van der Waals surface area (Å²) >= 11 is 0. The molecule has 0 spiro atoms. The van der Waals surface area contributed by atoms with Crippen molar-refractivity contribution in [3.63, 3.8) is 0 Å². The van der Waals surface area contributed by atoms with Crippen LogP contribution < -0.4 is 10.1 Å². The summed E-state index contributed by atoms with van der Waals surface area (Å²) in [7, 11) is 1.55. The van der Waals surface area contributed by atoms with E-state index < -0.39 is 0 Å². The zero-order valence-corrected chi connectivity index (χ0v) is 12.7. The third kappa shape index (κ3) is 3.93. The molecule has 1 N–H and O–H groups in total. The van der Waals surface area contributed by atoms with Crippen molar-refractivity contribution in [3.8, 4) is 5.75 Å². The standard InChI is InChI=1S/C16H25FN2O/c1-12(2)19-7-6-13(11-19)9-18-10-14-4-5-15(20-3)8-16(14)17/h4-5,8,12-13,18H,6-7,9-11H2,1-3H3. The molecule has 0 saturated carbocycles. The third-order valence-corrected chi connectivity index (χ3v) is 4.06. The first kappa shape index (κ1) is 15.3. The molecular weight excluding hydrogens is 255 g/mol. The van der Waals surface area contributed by atoms with Crippen molar-refractivity contribution in [3.05, 3.63) is 29.6 Å². The molecule has 1 saturated heterocycles. The van der Waals surface area contributed by atoms with Gasteiger partial charge in [-0.3, -0.25) is 0 Å². The van der Waals surface area contributed by atoms with E-state index >= 15 is 0 Å². The monoisotopic (exact) mass is 280 g/mol. The number of halogens is 1. The lowest BCUT2D eigenvalue weighted by atomic mass is 10.1. The van der Waals surface area contributed by atoms with Crippen molar-refractivity contribution < 1.29 is 9.13 Å². The minimum atomic E-state index is -0.202. The summed E-state index contributed by atoms with van der Waals surface area (Å²) in [4.78, 5) is 2.50. The Hall–Kier alpha value is -1.13. The van der Waals surface area contributed by atoms with Crippen molar-refractivity contribution in [2.75, 3.05) is 26.7 Å². The van der Waals surface area contributed by atoms with Crippen molar-refractivity contribution in [1.82, 2.24) is 10.2 Å². The summed E-state index contributed by atoms with van der Waals surface area (Å²) in [5.41, 5.74) is 0.699. The second kappa shape index (κ2) is 7.04. The molecule has 0 radical (unpaired) electrons. The lowest BCUT2D eigenvalue weighted by molar-refractivity contribution is 0.264. The van der Waals surface area contributed by atoms with Gasteiger partial charge < -0.3 is 15.0 Å². The molecule has 1 aromatic rings. The van der Waals surface area contributed by atoms with Gasteiger partial charge in [0.25, 0.3) is 0 Å². The SMILES string of the molecule is COc1ccc(CNCC2CCN(C(C)C)C2)c(F)c1. The first-order chi connectivity index (χ1) is 9.60. The molecule has 3 nitrogen and oxygen atoms in total. The highest BCUT2D eigenvalue weighted by Crippen LogP contribution is 2.19. The van der Waals surface area contributed by atoms with Gasteiger partial charge in [-0.1, -0.05) is 6.07 Å². The van der Waals surface area contributed by atoms with Gasteiger partial charge in [0.1, 0.15) is 11.6 Å². The summed E-state index contributed by atoms with van der Waals surface area (Å²) in [6.07, 6.45) is 1.23. The molecule has 1 aliphatic heterocycles. The molecule has 0 aliphatic carbocycles. The number of hydrogen-bond acceptors (Lipinski definition) is 3. The second-order valence-corrected chi connectivity index (χ2v) is 5.83. The topological polar surface area (TPSA) is 24.5 Å². The quantitative estimate of drug-likeness (QED) is 0.867. The predicted molar refractivity (Wildman–Crippen MR) is 79.5 cm³/mol. The molecule has 20 heavy (non-hydrogen) atoms. The van der Waals surface area contributed by atoms with Gasteiger partial charge in [0.15, 0.2) is 0 Å². The van der Waals surface area contributed by atoms with Gasteiger partial charge in [0, 0.05) is 30.8 Å². The van der Waals surface area contributed by atoms with E-state index in [4.69, 9.17) is 4.74 Å². The van der Waals surface area contributed by atoms with Gasteiger partial charge in [-0.05, 0) is 45.3 Å². The van der Waals surface area contributed by atoms with Crippen LogP contribution in [0.25, 0.3) is 0 Å². The van der Waals surface area contributed by atoms with Crippen LogP contribution in [-0.2, 0) is 6.54 Å². The number of ether oxygens (including phenoxy) is 1. The molecule has 1 aliphatic rings. The predicted octanol–water partition coefficient (Wildman–Crippen LogP) is 2.65. The van der Waals surface area contributed by atoms with E-state index in [0.717, 1.165) is 13.1 Å². The van der Waals surface area contributed by atoms with E-state index in [1.807, 2.05) is 0 Å². The third-order valence-electron chi connectivity index (χ3n) is 4.06. The van der Waals surface area contributed by atoms with Gasteiger partial charge in [-0.25, -0.2) is 4.39 Å². The fourth-order valence-electron chi connectivity index (χ4n) is 2.71. The summed E-state index contributed by atoms with van der Waals surface area (Å²) in [6.45, 7) is 8.34. The fourth-order valence-corrected chi connectivity index (χ4v) is 2.71. The van der Waals surface area contributed by atoms with Gasteiger partial charge in [0.2, 0.25) is 0 Å². The number of methoxy groups -OCH3 is 1. The summed E-state index contributed by atoms with van der Waals surface area (Å²) < 4.78 is 18.8. The first-order valence-corrected chi connectivity index (χ1v) is 7.37. The minimum Gasteiger partial charge on any atom is -0.497 e. The average molecular weight is 280 g/mol. The van der Waals surface area contributed by atoms with Gasteiger partial charge >= 0.3 is 0 Å². The van der Waals surface area contributed by atoms with Gasteiger partial charge in [-0.15, -0.1) is 0 Å². The van der Waals surface area contributed by atoms with E-state index in [-0.39, 0.29) is 5.82 Å². The molecule has 0 bridgehead atoms. The van der Waals surface area contributed by atoms with Crippen LogP contribution in [0, 0.1) is 11.7 Å². The van der Waals surface area contributed by atoms with Crippen molar-refractivity contribution >= 4 is 0 Å². The number of benzene rings is 1. The van der Waals surface area contributed by atoms with Crippen LogP contribution in [0.5, 0.6) is 5.75 Å². The van der Waals surface area contributed by atoms with E-state index in [9.17, 15) is 4.39 Å². The zero-order chi connectivity index (χ0) is 14.5. The Bertz CT molecular complexity index is 436. The molecule has 1 aromatic carbocycles. The molecular formula is C16H25FN2O. The minimum absolute atomic E-state index is 0.202. The maximum atomic E-state index is 13.8. The van der Waals surface area contributed by atoms with E-state index in [1.165, 1.54) is 19.0 Å². The van der Waals surface area contributed by atoms with Crippen LogP contribution in [0.3, 0.4) is 0 Å². The molecule has 1 atom stereocenters. The largest absolute Gasteiger partial charge is 0.497 e. The van der Waals surface area contributed by atoms with Crippen LogP contribution in [0.4, 0.5) is 4.39 Å². The number of nitrogens with one attached hydrogen (secondary N) is 1. The Morgan fingerprint density at radius 1 is 1.45 bits per heavy atom. The van der Waals surface area contributed by atoms with E-state index in [1.54, 1.807) is 19.2 Å². The number of likely N-dealkylation sites (tertiary alicyclic amines) is 1. The normalized spacial score (nSPS) is 19.8. The second-order valence-electron chi connectivity index (χ2n) is 5.83. The Morgan fingerprint density at radius 2 is 2.25 bits per heavy atom. The highest BCUT2D eigenvalue weighted by molar-refractivity contribution is 5.28. The Morgan fingerprint density at radius 3 is 2.85 bits per heavy atom. The van der Waals surface area contributed by atoms with Crippen LogP contribution in [-0.4, -0.2) is 37.7 Å². The van der Waals surface area contributed by atoms with E-state index in [0.29, 0.717) is 29.8 Å². The smallest absolute Gasteiger partial charge is 0.131 e. The molecule has 1 unspecified atom stereocenters. The van der Waals surface area contributed by atoms with Crippen molar-refractivity contribution in [2.24, 2.45) is 5.92 Å². The first-order valence-electron chi connectivity index (χ1n) is 7.37. The molecule has 0 amide bonds. The molecule has 0 aromatic heterocycles. The highest BCUT2D eigenvalue weighted by atomic mass is 19.1. The average Bonchev–Trinajstić information content (AvgIpc) is 2.89. The van der Waals surface area contributed by atoms with Crippen LogP contribution >= 0.6 is 0 Å². The highest BCUT2D eigenvalue weighted by Gasteiger charge is 2.23. The summed E-state index contributed by atoms with van der Waals surface area (Å²) in [5, 5.41) is 3.37. The maximum Gasteiger partial charge on any atom is 0.131 e. The molecule has 1 fully saturated rings. The lowest BCUT2D eigenvalue weighted by Crippen LogP contribution is -2.30. The summed E-state index contributed by atoms with van der Waals surface area (Å²) in [6, 6.07) is 5.65. The number of rotatable bonds is 6. The molecule has 112 valence electrons. The van der Waals surface area contributed by atoms with Crippen molar-refractivity contribution in [2.45, 2.75) is 32.9 Å². The van der Waals surface area contributed by atoms with Crippen LogP contribution in [0.15, 0.2) is 18.2 Å². The molecule has 2 rings (SSSR count). The molecule has 4 heteroatoms. The Kier molecular flexibility index (Phi) is 5.38. The van der Waals surface area contributed by atoms with Gasteiger partial charge in [-0.2, -0.15) is 0 Å². The number of hydrogen-bond donors (Lipinski definition) is 1. The molecule has 1 heterocycles. The van der Waals surface area contributed by atoms with Gasteiger partial charge in [0.05, 0.1) is 7.11 Å². The Labute approximate surface area is 121 Å². The maximum absolute atomic E-state index is 13.8. The Balaban J connectivity index is 1.76. The zero-order valence-electron chi connectivity index (χ0n) is 12.7. The van der Waals surface area contributed by atoms with E-state index in [2.05, 4.69) is 24.1 Å². The van der Waals surface area contributed by atoms with Crippen LogP contribution in [0.2, 0.25) is 0 Å². The lowest BCUT2D eigenvalue weighted by Gasteiger charge is -2.20. The van der Waals surface area contributed by atoms with Crippen molar-refractivity contribution in [1.29, 1.82) is 0 Å². The fraction of sp³-hybridized carbons (Fsp3) is 0.625.